The van der Waals surface area contributed by atoms with E-state index in [0.717, 1.165) is 43.8 Å². The van der Waals surface area contributed by atoms with Crippen molar-refractivity contribution in [3.8, 4) is 0 Å². The number of nitrogens with zero attached hydrogens (tertiary/aromatic N) is 2. The molecule has 2 N–H and O–H groups in total. The normalized spacial score (nSPS) is 13.0. The first kappa shape index (κ1) is 15.0. The van der Waals surface area contributed by atoms with Crippen LogP contribution in [0, 0.1) is 6.92 Å². The van der Waals surface area contributed by atoms with Gasteiger partial charge in [0, 0.05) is 20.3 Å². The Morgan fingerprint density at radius 2 is 2.20 bits per heavy atom. The van der Waals surface area contributed by atoms with Crippen LogP contribution >= 0.6 is 0 Å². The molecule has 0 aliphatic heterocycles. The van der Waals surface area contributed by atoms with Crippen molar-refractivity contribution < 1.29 is 4.74 Å². The highest BCUT2D eigenvalue weighted by Gasteiger charge is 2.16. The number of benzene rings is 1. The highest BCUT2D eigenvalue weighted by Crippen LogP contribution is 2.23. The molecule has 1 unspecified atom stereocenters. The van der Waals surface area contributed by atoms with E-state index in [9.17, 15) is 0 Å². The van der Waals surface area contributed by atoms with Gasteiger partial charge in [-0.25, -0.2) is 4.98 Å². The zero-order valence-corrected chi connectivity index (χ0v) is 12.7. The lowest BCUT2D eigenvalue weighted by atomic mass is 10.1. The summed E-state index contributed by atoms with van der Waals surface area (Å²) >= 11 is 0. The minimum atomic E-state index is -0.0237. The molecule has 1 aromatic heterocycles. The Bertz CT molecular complexity index is 562. The fourth-order valence-corrected chi connectivity index (χ4v) is 2.58. The van der Waals surface area contributed by atoms with Crippen LogP contribution in [0.2, 0.25) is 0 Å². The Hall–Kier alpha value is -1.39. The van der Waals surface area contributed by atoms with Crippen molar-refractivity contribution >= 4 is 11.0 Å². The number of hydrogen-bond donors (Lipinski definition) is 1. The lowest BCUT2D eigenvalue weighted by Gasteiger charge is -2.14. The van der Waals surface area contributed by atoms with Gasteiger partial charge in [-0.15, -0.1) is 0 Å². The number of methoxy groups -OCH3 is 1. The number of aryl methyl sites for hydroxylation is 2. The molecule has 0 amide bonds. The summed E-state index contributed by atoms with van der Waals surface area (Å²) in [5.74, 6) is 1.00. The Balaban J connectivity index is 2.32. The summed E-state index contributed by atoms with van der Waals surface area (Å²) in [6, 6.07) is 6.39. The molecule has 0 bridgehead atoms. The molecule has 1 heterocycles. The first-order valence-corrected chi connectivity index (χ1v) is 7.38. The van der Waals surface area contributed by atoms with E-state index in [1.54, 1.807) is 7.11 Å². The highest BCUT2D eigenvalue weighted by molar-refractivity contribution is 5.77. The first-order chi connectivity index (χ1) is 9.67. The Morgan fingerprint density at radius 3 is 2.90 bits per heavy atom. The Labute approximate surface area is 120 Å². The van der Waals surface area contributed by atoms with Crippen LogP contribution in [0.5, 0.6) is 0 Å². The number of aromatic nitrogens is 2. The minimum absolute atomic E-state index is 0.0237. The van der Waals surface area contributed by atoms with Crippen LogP contribution in [-0.4, -0.2) is 23.3 Å². The molecular formula is C16H25N3O. The van der Waals surface area contributed by atoms with Gasteiger partial charge in [0.15, 0.2) is 0 Å². The predicted octanol–water partition coefficient (Wildman–Crippen LogP) is 3.18. The van der Waals surface area contributed by atoms with E-state index in [1.165, 1.54) is 11.1 Å². The van der Waals surface area contributed by atoms with E-state index < -0.39 is 0 Å². The molecule has 0 saturated heterocycles. The van der Waals surface area contributed by atoms with E-state index in [1.807, 2.05) is 0 Å². The van der Waals surface area contributed by atoms with Gasteiger partial charge in [-0.05, 0) is 43.9 Å². The molecule has 0 aliphatic rings. The van der Waals surface area contributed by atoms with E-state index in [4.69, 9.17) is 15.5 Å². The molecule has 0 saturated carbocycles. The zero-order valence-electron chi connectivity index (χ0n) is 12.7. The van der Waals surface area contributed by atoms with Gasteiger partial charge in [0.05, 0.1) is 17.1 Å². The van der Waals surface area contributed by atoms with E-state index in [-0.39, 0.29) is 6.04 Å². The van der Waals surface area contributed by atoms with Gasteiger partial charge < -0.3 is 15.0 Å². The molecule has 4 heteroatoms. The summed E-state index contributed by atoms with van der Waals surface area (Å²) in [5, 5.41) is 0. The van der Waals surface area contributed by atoms with Gasteiger partial charge in [-0.1, -0.05) is 13.0 Å². The number of hydrogen-bond acceptors (Lipinski definition) is 3. The molecule has 2 rings (SSSR count). The topological polar surface area (TPSA) is 53.1 Å². The van der Waals surface area contributed by atoms with Gasteiger partial charge in [0.1, 0.15) is 5.82 Å². The largest absolute Gasteiger partial charge is 0.385 e. The first-order valence-electron chi connectivity index (χ1n) is 7.38. The molecule has 0 fully saturated rings. The predicted molar refractivity (Wildman–Crippen MR) is 82.8 cm³/mol. The maximum absolute atomic E-state index is 6.33. The van der Waals surface area contributed by atoms with E-state index >= 15 is 0 Å². The summed E-state index contributed by atoms with van der Waals surface area (Å²) in [4.78, 5) is 4.77. The van der Waals surface area contributed by atoms with Crippen LogP contribution < -0.4 is 5.73 Å². The van der Waals surface area contributed by atoms with Crippen molar-refractivity contribution in [3.63, 3.8) is 0 Å². The third-order valence-corrected chi connectivity index (χ3v) is 3.58. The summed E-state index contributed by atoms with van der Waals surface area (Å²) in [7, 11) is 1.72. The quantitative estimate of drug-likeness (QED) is 0.790. The fourth-order valence-electron chi connectivity index (χ4n) is 2.58. The maximum Gasteiger partial charge on any atom is 0.126 e. The summed E-state index contributed by atoms with van der Waals surface area (Å²) < 4.78 is 7.37. The number of ether oxygens (including phenoxy) is 1. The molecule has 0 aliphatic carbocycles. The molecule has 1 atom stereocenters. The molecule has 20 heavy (non-hydrogen) atoms. The molecule has 4 nitrogen and oxygen atoms in total. The number of imidazole rings is 1. The Morgan fingerprint density at radius 1 is 1.40 bits per heavy atom. The highest BCUT2D eigenvalue weighted by atomic mass is 16.5. The average molecular weight is 275 g/mol. The fraction of sp³-hybridized carbons (Fsp3) is 0.562. The van der Waals surface area contributed by atoms with E-state index in [0.29, 0.717) is 0 Å². The van der Waals surface area contributed by atoms with Crippen molar-refractivity contribution in [2.24, 2.45) is 5.73 Å². The smallest absolute Gasteiger partial charge is 0.126 e. The van der Waals surface area contributed by atoms with Crippen LogP contribution in [0.3, 0.4) is 0 Å². The van der Waals surface area contributed by atoms with Gasteiger partial charge in [0.2, 0.25) is 0 Å². The van der Waals surface area contributed by atoms with Crippen molar-refractivity contribution in [3.05, 3.63) is 29.6 Å². The molecule has 110 valence electrons. The Kier molecular flexibility index (Phi) is 5.15. The third kappa shape index (κ3) is 3.19. The molecule has 2 aromatic rings. The van der Waals surface area contributed by atoms with Crippen molar-refractivity contribution in [2.75, 3.05) is 13.7 Å². The van der Waals surface area contributed by atoms with Crippen molar-refractivity contribution in [2.45, 2.75) is 45.7 Å². The molecule has 0 radical (unpaired) electrons. The minimum Gasteiger partial charge on any atom is -0.385 e. The van der Waals surface area contributed by atoms with Crippen molar-refractivity contribution in [1.82, 2.24) is 9.55 Å². The maximum atomic E-state index is 6.33. The summed E-state index contributed by atoms with van der Waals surface area (Å²) in [5.41, 5.74) is 9.81. The third-order valence-electron chi connectivity index (χ3n) is 3.58. The van der Waals surface area contributed by atoms with Gasteiger partial charge in [0.25, 0.3) is 0 Å². The molecule has 1 aromatic carbocycles. The van der Waals surface area contributed by atoms with Gasteiger partial charge >= 0.3 is 0 Å². The second-order valence-corrected chi connectivity index (χ2v) is 5.36. The summed E-state index contributed by atoms with van der Waals surface area (Å²) in [6.07, 6.45) is 2.95. The van der Waals surface area contributed by atoms with Crippen molar-refractivity contribution in [1.29, 1.82) is 0 Å². The lowest BCUT2D eigenvalue weighted by Crippen LogP contribution is -2.17. The molecular weight excluding hydrogens is 250 g/mol. The van der Waals surface area contributed by atoms with Gasteiger partial charge in [-0.2, -0.15) is 0 Å². The van der Waals surface area contributed by atoms with Gasteiger partial charge in [-0.3, -0.25) is 0 Å². The number of fused-ring (bicyclic) bond motifs is 1. The standard InChI is InChI=1S/C16H25N3O/c1-4-9-19-15-8-7-12(2)11-14(15)18-16(19)13(17)6-5-10-20-3/h7-8,11,13H,4-6,9-10,17H2,1-3H3. The number of nitrogens with two attached hydrogens (primary N) is 1. The monoisotopic (exact) mass is 275 g/mol. The lowest BCUT2D eigenvalue weighted by molar-refractivity contribution is 0.190. The zero-order chi connectivity index (χ0) is 14.5. The van der Waals surface area contributed by atoms with Crippen LogP contribution in [0.4, 0.5) is 0 Å². The van der Waals surface area contributed by atoms with Crippen LogP contribution in [0.15, 0.2) is 18.2 Å². The molecule has 0 spiro atoms. The SMILES string of the molecule is CCCn1c(C(N)CCCOC)nc2cc(C)ccc21. The second kappa shape index (κ2) is 6.86. The van der Waals surface area contributed by atoms with Crippen LogP contribution in [0.25, 0.3) is 11.0 Å². The van der Waals surface area contributed by atoms with E-state index in [2.05, 4.69) is 36.6 Å². The van der Waals surface area contributed by atoms with Crippen LogP contribution in [-0.2, 0) is 11.3 Å². The average Bonchev–Trinajstić information content (AvgIpc) is 2.77. The summed E-state index contributed by atoms with van der Waals surface area (Å²) in [6.45, 7) is 5.99. The van der Waals surface area contributed by atoms with Crippen LogP contribution in [0.1, 0.15) is 43.6 Å². The second-order valence-electron chi connectivity index (χ2n) is 5.36. The number of rotatable bonds is 7.